The van der Waals surface area contributed by atoms with Crippen molar-refractivity contribution < 1.29 is 4.79 Å². The van der Waals surface area contributed by atoms with Gasteiger partial charge in [0.05, 0.1) is 17.1 Å². The van der Waals surface area contributed by atoms with Crippen LogP contribution in [-0.4, -0.2) is 37.5 Å². The summed E-state index contributed by atoms with van der Waals surface area (Å²) in [7, 11) is 0. The SMILES string of the molecule is CCNC(=NCCNC(=O)c1ccccc1Cl)NC(C)C(C)C.I. The summed E-state index contributed by atoms with van der Waals surface area (Å²) in [6.07, 6.45) is 0. The Hall–Kier alpha value is -1.02. The first kappa shape index (κ1) is 23.0. The molecule has 1 aromatic rings. The van der Waals surface area contributed by atoms with Gasteiger partial charge >= 0.3 is 0 Å². The number of benzene rings is 1. The highest BCUT2D eigenvalue weighted by atomic mass is 127. The van der Waals surface area contributed by atoms with Crippen LogP contribution in [0.3, 0.4) is 0 Å². The molecule has 0 spiro atoms. The number of aliphatic imine (C=N–C) groups is 1. The summed E-state index contributed by atoms with van der Waals surface area (Å²) in [4.78, 5) is 16.5. The normalized spacial score (nSPS) is 12.3. The van der Waals surface area contributed by atoms with Gasteiger partial charge in [0.25, 0.3) is 5.91 Å². The van der Waals surface area contributed by atoms with Crippen molar-refractivity contribution in [2.45, 2.75) is 33.7 Å². The lowest BCUT2D eigenvalue weighted by Crippen LogP contribution is -2.44. The third-order valence-electron chi connectivity index (χ3n) is 3.49. The number of halogens is 2. The molecule has 1 aromatic carbocycles. The van der Waals surface area contributed by atoms with Crippen LogP contribution in [0, 0.1) is 5.92 Å². The third-order valence-corrected chi connectivity index (χ3v) is 3.82. The molecule has 1 atom stereocenters. The van der Waals surface area contributed by atoms with Gasteiger partial charge < -0.3 is 16.0 Å². The molecule has 0 aliphatic heterocycles. The highest BCUT2D eigenvalue weighted by Crippen LogP contribution is 2.14. The van der Waals surface area contributed by atoms with Gasteiger partial charge in [-0.1, -0.05) is 37.6 Å². The lowest BCUT2D eigenvalue weighted by molar-refractivity contribution is 0.0955. The second kappa shape index (κ2) is 12.4. The number of carbonyl (C=O) groups is 1. The standard InChI is InChI=1S/C17H27ClN4O.HI/c1-5-19-17(22-13(4)12(2)3)21-11-10-20-16(23)14-8-6-7-9-15(14)18;/h6-9,12-13H,5,10-11H2,1-4H3,(H,20,23)(H2,19,21,22);1H. The molecule has 136 valence electrons. The average Bonchev–Trinajstić information content (AvgIpc) is 2.51. The fraction of sp³-hybridized carbons (Fsp3) is 0.529. The molecular weight excluding hydrogens is 439 g/mol. The first-order chi connectivity index (χ1) is 11.0. The molecule has 0 heterocycles. The van der Waals surface area contributed by atoms with Gasteiger partial charge in [0.15, 0.2) is 5.96 Å². The summed E-state index contributed by atoms with van der Waals surface area (Å²) in [5, 5.41) is 9.83. The Balaban J connectivity index is 0.00000529. The molecule has 1 amide bonds. The predicted octanol–water partition coefficient (Wildman–Crippen LogP) is 3.29. The van der Waals surface area contributed by atoms with Gasteiger partial charge in [-0.25, -0.2) is 0 Å². The van der Waals surface area contributed by atoms with Crippen molar-refractivity contribution in [3.63, 3.8) is 0 Å². The lowest BCUT2D eigenvalue weighted by atomic mass is 10.1. The maximum Gasteiger partial charge on any atom is 0.252 e. The van der Waals surface area contributed by atoms with Crippen LogP contribution in [-0.2, 0) is 0 Å². The number of guanidine groups is 1. The van der Waals surface area contributed by atoms with Crippen LogP contribution >= 0.6 is 35.6 Å². The van der Waals surface area contributed by atoms with E-state index in [-0.39, 0.29) is 29.9 Å². The molecule has 0 aliphatic rings. The van der Waals surface area contributed by atoms with Crippen LogP contribution in [0.15, 0.2) is 29.3 Å². The van der Waals surface area contributed by atoms with E-state index < -0.39 is 0 Å². The van der Waals surface area contributed by atoms with E-state index in [1.165, 1.54) is 0 Å². The monoisotopic (exact) mass is 466 g/mol. The van der Waals surface area contributed by atoms with Crippen molar-refractivity contribution >= 4 is 47.4 Å². The van der Waals surface area contributed by atoms with E-state index in [2.05, 4.69) is 41.7 Å². The predicted molar refractivity (Wildman–Crippen MR) is 113 cm³/mol. The molecule has 0 fully saturated rings. The van der Waals surface area contributed by atoms with Crippen molar-refractivity contribution in [1.29, 1.82) is 0 Å². The molecule has 0 aromatic heterocycles. The second-order valence-corrected chi connectivity index (χ2v) is 6.08. The zero-order valence-electron chi connectivity index (χ0n) is 14.7. The minimum Gasteiger partial charge on any atom is -0.357 e. The van der Waals surface area contributed by atoms with Crippen LogP contribution in [0.2, 0.25) is 5.02 Å². The Morgan fingerprint density at radius 3 is 2.46 bits per heavy atom. The Morgan fingerprint density at radius 2 is 1.88 bits per heavy atom. The quantitative estimate of drug-likeness (QED) is 0.250. The summed E-state index contributed by atoms with van der Waals surface area (Å²) in [5.74, 6) is 1.10. The Bertz CT molecular complexity index is 537. The smallest absolute Gasteiger partial charge is 0.252 e. The molecule has 0 aliphatic carbocycles. The van der Waals surface area contributed by atoms with E-state index in [9.17, 15) is 4.79 Å². The van der Waals surface area contributed by atoms with Gasteiger partial charge in [-0.2, -0.15) is 0 Å². The Kier molecular flexibility index (Phi) is 11.8. The van der Waals surface area contributed by atoms with Crippen LogP contribution in [0.1, 0.15) is 38.1 Å². The highest BCUT2D eigenvalue weighted by Gasteiger charge is 2.10. The second-order valence-electron chi connectivity index (χ2n) is 5.67. The zero-order valence-corrected chi connectivity index (χ0v) is 17.8. The van der Waals surface area contributed by atoms with E-state index in [0.717, 1.165) is 12.5 Å². The Labute approximate surface area is 167 Å². The van der Waals surface area contributed by atoms with Gasteiger partial charge in [0.1, 0.15) is 0 Å². The van der Waals surface area contributed by atoms with Crippen LogP contribution in [0.4, 0.5) is 0 Å². The van der Waals surface area contributed by atoms with Crippen molar-refractivity contribution in [3.05, 3.63) is 34.9 Å². The van der Waals surface area contributed by atoms with Gasteiger partial charge in [0, 0.05) is 19.1 Å². The van der Waals surface area contributed by atoms with E-state index in [4.69, 9.17) is 11.6 Å². The number of nitrogens with zero attached hydrogens (tertiary/aromatic N) is 1. The largest absolute Gasteiger partial charge is 0.357 e. The average molecular weight is 467 g/mol. The number of hydrogen-bond acceptors (Lipinski definition) is 2. The number of amides is 1. The maximum atomic E-state index is 12.0. The topological polar surface area (TPSA) is 65.5 Å². The fourth-order valence-electron chi connectivity index (χ4n) is 1.78. The summed E-state index contributed by atoms with van der Waals surface area (Å²) in [6, 6.07) is 7.32. The number of rotatable bonds is 7. The summed E-state index contributed by atoms with van der Waals surface area (Å²) in [5.41, 5.74) is 0.483. The number of carbonyl (C=O) groups excluding carboxylic acids is 1. The molecule has 1 rings (SSSR count). The van der Waals surface area contributed by atoms with Gasteiger partial charge in [-0.3, -0.25) is 9.79 Å². The molecule has 5 nitrogen and oxygen atoms in total. The first-order valence-electron chi connectivity index (χ1n) is 8.03. The number of nitrogens with one attached hydrogen (secondary N) is 3. The highest BCUT2D eigenvalue weighted by molar-refractivity contribution is 14.0. The van der Waals surface area contributed by atoms with Crippen LogP contribution in [0.25, 0.3) is 0 Å². The third kappa shape index (κ3) is 8.19. The molecule has 0 bridgehead atoms. The molecule has 24 heavy (non-hydrogen) atoms. The van der Waals surface area contributed by atoms with Crippen molar-refractivity contribution in [2.75, 3.05) is 19.6 Å². The van der Waals surface area contributed by atoms with Crippen molar-refractivity contribution in [2.24, 2.45) is 10.9 Å². The van der Waals surface area contributed by atoms with Crippen molar-refractivity contribution in [3.8, 4) is 0 Å². The minimum atomic E-state index is -0.181. The molecular formula is C17H28ClIN4O. The molecule has 0 saturated heterocycles. The lowest BCUT2D eigenvalue weighted by Gasteiger charge is -2.20. The fourth-order valence-corrected chi connectivity index (χ4v) is 2.00. The van der Waals surface area contributed by atoms with Gasteiger partial charge in [0.2, 0.25) is 0 Å². The molecule has 7 heteroatoms. The maximum absolute atomic E-state index is 12.0. The molecule has 0 radical (unpaired) electrons. The molecule has 0 saturated carbocycles. The minimum absolute atomic E-state index is 0. The van der Waals surface area contributed by atoms with E-state index in [1.807, 2.05) is 6.92 Å². The van der Waals surface area contributed by atoms with E-state index >= 15 is 0 Å². The first-order valence-corrected chi connectivity index (χ1v) is 8.41. The van der Waals surface area contributed by atoms with Gasteiger partial charge in [-0.15, -0.1) is 24.0 Å². The zero-order chi connectivity index (χ0) is 17.2. The summed E-state index contributed by atoms with van der Waals surface area (Å²) >= 11 is 6.00. The summed E-state index contributed by atoms with van der Waals surface area (Å²) in [6.45, 7) is 10.2. The van der Waals surface area contributed by atoms with Crippen molar-refractivity contribution in [1.82, 2.24) is 16.0 Å². The molecule has 3 N–H and O–H groups in total. The summed E-state index contributed by atoms with van der Waals surface area (Å²) < 4.78 is 0. The van der Waals surface area contributed by atoms with E-state index in [0.29, 0.717) is 35.6 Å². The van der Waals surface area contributed by atoms with Gasteiger partial charge in [-0.05, 0) is 31.9 Å². The molecule has 1 unspecified atom stereocenters. The van der Waals surface area contributed by atoms with Crippen LogP contribution < -0.4 is 16.0 Å². The van der Waals surface area contributed by atoms with E-state index in [1.54, 1.807) is 24.3 Å². The number of hydrogen-bond donors (Lipinski definition) is 3. The Morgan fingerprint density at radius 1 is 1.21 bits per heavy atom. The van der Waals surface area contributed by atoms with Crippen LogP contribution in [0.5, 0.6) is 0 Å².